The van der Waals surface area contributed by atoms with Gasteiger partial charge in [-0.05, 0) is 36.8 Å². The van der Waals surface area contributed by atoms with Gasteiger partial charge in [0.1, 0.15) is 10.7 Å². The topological polar surface area (TPSA) is 60.5 Å². The number of nitrogens with one attached hydrogen (secondary N) is 1. The van der Waals surface area contributed by atoms with Gasteiger partial charge in [0.05, 0.1) is 19.8 Å². The molecule has 0 unspecified atom stereocenters. The Morgan fingerprint density at radius 2 is 1.92 bits per heavy atom. The highest BCUT2D eigenvalue weighted by Crippen LogP contribution is 2.39. The number of para-hydroxylation sites is 1. The van der Waals surface area contributed by atoms with E-state index in [1.807, 2.05) is 49.4 Å². The number of hydrogen-bond donors (Lipinski definition) is 1. The number of nitrogens with zero attached hydrogens (tertiary/aromatic N) is 1. The number of rotatable bonds is 5. The Morgan fingerprint density at radius 1 is 1.12 bits per heavy atom. The highest BCUT2D eigenvalue weighted by Gasteiger charge is 2.17. The highest BCUT2D eigenvalue weighted by atomic mass is 32.1. The number of aromatic nitrogens is 1. The number of aryl methyl sites for hydroxylation is 1. The van der Waals surface area contributed by atoms with Crippen LogP contribution in [0.15, 0.2) is 47.8 Å². The van der Waals surface area contributed by atoms with E-state index in [4.69, 9.17) is 9.47 Å². The third-order valence-electron chi connectivity index (χ3n) is 3.65. The van der Waals surface area contributed by atoms with Crippen LogP contribution in [0.5, 0.6) is 11.5 Å². The number of thiazole rings is 1. The maximum Gasteiger partial charge on any atom is 0.275 e. The molecule has 6 heteroatoms. The highest BCUT2D eigenvalue weighted by molar-refractivity contribution is 7.13. The van der Waals surface area contributed by atoms with E-state index in [9.17, 15) is 4.79 Å². The summed E-state index contributed by atoms with van der Waals surface area (Å²) in [4.78, 5) is 16.9. The number of methoxy groups -OCH3 is 2. The maximum absolute atomic E-state index is 12.4. The lowest BCUT2D eigenvalue weighted by molar-refractivity contribution is 0.102. The minimum absolute atomic E-state index is 0.241. The molecule has 1 aromatic heterocycles. The molecular weight excluding hydrogens is 336 g/mol. The number of carbonyl (C=O) groups excluding carboxylic acids is 1. The molecule has 0 aliphatic heterocycles. The zero-order valence-electron chi connectivity index (χ0n) is 14.2. The molecule has 0 saturated carbocycles. The first-order valence-electron chi connectivity index (χ1n) is 7.67. The van der Waals surface area contributed by atoms with Crippen molar-refractivity contribution >= 4 is 22.9 Å². The Balaban J connectivity index is 1.86. The van der Waals surface area contributed by atoms with E-state index >= 15 is 0 Å². The molecule has 0 bridgehead atoms. The molecule has 25 heavy (non-hydrogen) atoms. The monoisotopic (exact) mass is 354 g/mol. The lowest BCUT2D eigenvalue weighted by Gasteiger charge is -2.10. The molecule has 3 aromatic rings. The first kappa shape index (κ1) is 17.0. The summed E-state index contributed by atoms with van der Waals surface area (Å²) in [5, 5.41) is 5.30. The van der Waals surface area contributed by atoms with Crippen molar-refractivity contribution in [3.63, 3.8) is 0 Å². The van der Waals surface area contributed by atoms with Crippen molar-refractivity contribution in [2.75, 3.05) is 19.5 Å². The molecule has 1 amide bonds. The normalized spacial score (nSPS) is 10.4. The summed E-state index contributed by atoms with van der Waals surface area (Å²) >= 11 is 1.39. The third kappa shape index (κ3) is 3.64. The summed E-state index contributed by atoms with van der Waals surface area (Å²) in [6, 6.07) is 13.2. The lowest BCUT2D eigenvalue weighted by Crippen LogP contribution is -2.12. The van der Waals surface area contributed by atoms with Crippen molar-refractivity contribution in [3.8, 4) is 22.1 Å². The molecule has 0 aliphatic rings. The van der Waals surface area contributed by atoms with Crippen LogP contribution in [0.4, 0.5) is 5.69 Å². The molecule has 128 valence electrons. The van der Waals surface area contributed by atoms with Crippen LogP contribution in [0.1, 0.15) is 16.1 Å². The zero-order chi connectivity index (χ0) is 17.8. The fourth-order valence-corrected chi connectivity index (χ4v) is 3.30. The second-order valence-corrected chi connectivity index (χ2v) is 6.26. The summed E-state index contributed by atoms with van der Waals surface area (Å²) in [6.45, 7) is 1.98. The van der Waals surface area contributed by atoms with Gasteiger partial charge in [-0.3, -0.25) is 4.79 Å². The molecular formula is C19H18N2O3S. The van der Waals surface area contributed by atoms with Crippen molar-refractivity contribution in [1.29, 1.82) is 0 Å². The summed E-state index contributed by atoms with van der Waals surface area (Å²) in [6.07, 6.45) is 0. The van der Waals surface area contributed by atoms with Crippen LogP contribution in [0.25, 0.3) is 10.6 Å². The van der Waals surface area contributed by atoms with E-state index in [1.54, 1.807) is 19.6 Å². The van der Waals surface area contributed by atoms with Crippen molar-refractivity contribution in [2.45, 2.75) is 6.92 Å². The SMILES string of the molecule is COc1cccc(-c2nc(C(=O)Nc3cccc(C)c3)cs2)c1OC. The molecule has 0 spiro atoms. The standard InChI is InChI=1S/C19H18N2O3S/c1-12-6-4-7-13(10-12)20-18(22)15-11-25-19(21-15)14-8-5-9-16(23-2)17(14)24-3/h4-11H,1-3H3,(H,20,22). The Kier molecular flexibility index (Phi) is 5.00. The van der Waals surface area contributed by atoms with Crippen molar-refractivity contribution in [1.82, 2.24) is 4.98 Å². The van der Waals surface area contributed by atoms with Crippen LogP contribution in [0.3, 0.4) is 0 Å². The van der Waals surface area contributed by atoms with Gasteiger partial charge in [0.15, 0.2) is 11.5 Å². The van der Waals surface area contributed by atoms with E-state index in [2.05, 4.69) is 10.3 Å². The van der Waals surface area contributed by atoms with Crippen LogP contribution in [0, 0.1) is 6.92 Å². The van der Waals surface area contributed by atoms with Gasteiger partial charge in [-0.1, -0.05) is 18.2 Å². The van der Waals surface area contributed by atoms with Crippen LogP contribution < -0.4 is 14.8 Å². The Hall–Kier alpha value is -2.86. The number of hydrogen-bond acceptors (Lipinski definition) is 5. The smallest absolute Gasteiger partial charge is 0.275 e. The van der Waals surface area contributed by atoms with E-state index in [-0.39, 0.29) is 5.91 Å². The Bertz CT molecular complexity index is 905. The van der Waals surface area contributed by atoms with Gasteiger partial charge < -0.3 is 14.8 Å². The van der Waals surface area contributed by atoms with Crippen molar-refractivity contribution < 1.29 is 14.3 Å². The maximum atomic E-state index is 12.4. The van der Waals surface area contributed by atoms with Gasteiger partial charge in [0.2, 0.25) is 0 Å². The van der Waals surface area contributed by atoms with Crippen LogP contribution in [-0.4, -0.2) is 25.1 Å². The number of ether oxygens (including phenoxy) is 2. The molecule has 1 heterocycles. The quantitative estimate of drug-likeness (QED) is 0.738. The predicted octanol–water partition coefficient (Wildman–Crippen LogP) is 4.39. The van der Waals surface area contributed by atoms with E-state index < -0.39 is 0 Å². The van der Waals surface area contributed by atoms with Crippen molar-refractivity contribution in [3.05, 3.63) is 59.1 Å². The van der Waals surface area contributed by atoms with Gasteiger partial charge in [-0.25, -0.2) is 4.98 Å². The van der Waals surface area contributed by atoms with Crippen molar-refractivity contribution in [2.24, 2.45) is 0 Å². The molecule has 0 atom stereocenters. The van der Waals surface area contributed by atoms with Gasteiger partial charge in [-0.2, -0.15) is 0 Å². The average Bonchev–Trinajstić information content (AvgIpc) is 3.11. The molecule has 2 aromatic carbocycles. The van der Waals surface area contributed by atoms with Gasteiger partial charge in [-0.15, -0.1) is 11.3 Å². The molecule has 0 aliphatic carbocycles. The molecule has 0 radical (unpaired) electrons. The third-order valence-corrected chi connectivity index (χ3v) is 4.52. The molecule has 3 rings (SSSR count). The summed E-state index contributed by atoms with van der Waals surface area (Å²) in [5.74, 6) is 0.987. The Morgan fingerprint density at radius 3 is 2.64 bits per heavy atom. The molecule has 5 nitrogen and oxygen atoms in total. The zero-order valence-corrected chi connectivity index (χ0v) is 15.0. The van der Waals surface area contributed by atoms with Gasteiger partial charge >= 0.3 is 0 Å². The fraction of sp³-hybridized carbons (Fsp3) is 0.158. The summed E-state index contributed by atoms with van der Waals surface area (Å²) < 4.78 is 10.8. The number of benzene rings is 2. The molecule has 1 N–H and O–H groups in total. The second kappa shape index (κ2) is 7.36. The summed E-state index contributed by atoms with van der Waals surface area (Å²) in [5.41, 5.74) is 2.99. The first-order valence-corrected chi connectivity index (χ1v) is 8.55. The Labute approximate surface area is 150 Å². The number of carbonyl (C=O) groups is 1. The molecule has 0 fully saturated rings. The average molecular weight is 354 g/mol. The second-order valence-electron chi connectivity index (χ2n) is 5.40. The number of anilines is 1. The first-order chi connectivity index (χ1) is 12.1. The van der Waals surface area contributed by atoms with E-state index in [1.165, 1.54) is 11.3 Å². The minimum atomic E-state index is -0.241. The fourth-order valence-electron chi connectivity index (χ4n) is 2.48. The minimum Gasteiger partial charge on any atom is -0.493 e. The lowest BCUT2D eigenvalue weighted by atomic mass is 10.2. The molecule has 0 saturated heterocycles. The van der Waals surface area contributed by atoms with E-state index in [0.29, 0.717) is 22.2 Å². The summed E-state index contributed by atoms with van der Waals surface area (Å²) in [7, 11) is 3.17. The predicted molar refractivity (Wildman–Crippen MR) is 99.8 cm³/mol. The van der Waals surface area contributed by atoms with Crippen LogP contribution in [0.2, 0.25) is 0 Å². The van der Waals surface area contributed by atoms with Crippen LogP contribution >= 0.6 is 11.3 Å². The van der Waals surface area contributed by atoms with Crippen LogP contribution in [-0.2, 0) is 0 Å². The largest absolute Gasteiger partial charge is 0.493 e. The van der Waals surface area contributed by atoms with E-state index in [0.717, 1.165) is 16.8 Å². The number of amides is 1. The van der Waals surface area contributed by atoms with Gasteiger partial charge in [0.25, 0.3) is 5.91 Å². The van der Waals surface area contributed by atoms with Gasteiger partial charge in [0, 0.05) is 11.1 Å².